The van der Waals surface area contributed by atoms with Gasteiger partial charge in [-0.3, -0.25) is 9.98 Å². The molecule has 0 saturated carbocycles. The summed E-state index contributed by atoms with van der Waals surface area (Å²) < 4.78 is 14.8. The van der Waals surface area contributed by atoms with Crippen molar-refractivity contribution in [3.05, 3.63) is 77.5 Å². The lowest BCUT2D eigenvalue weighted by Crippen LogP contribution is -2.32. The fourth-order valence-electron chi connectivity index (χ4n) is 3.16. The first-order chi connectivity index (χ1) is 11.1. The van der Waals surface area contributed by atoms with Crippen molar-refractivity contribution in [2.24, 2.45) is 4.99 Å². The first-order valence-electron chi connectivity index (χ1n) is 7.75. The van der Waals surface area contributed by atoms with Gasteiger partial charge in [0, 0.05) is 22.7 Å². The summed E-state index contributed by atoms with van der Waals surface area (Å²) in [4.78, 5) is 9.09. The molecule has 1 aliphatic heterocycles. The van der Waals surface area contributed by atoms with Gasteiger partial charge in [-0.05, 0) is 37.6 Å². The van der Waals surface area contributed by atoms with Crippen LogP contribution in [0.15, 0.2) is 65.8 Å². The molecule has 0 saturated heterocycles. The standard InChI is InChI=1S/C20H17FN2/c1-20(2)19(21)16-8-4-3-7-15(16)18(23-20)14-9-10-17-13(12-14)6-5-11-22-17/h3-12,19H,1-2H3. The van der Waals surface area contributed by atoms with E-state index in [-0.39, 0.29) is 0 Å². The molecule has 0 spiro atoms. The molecule has 1 unspecified atom stereocenters. The summed E-state index contributed by atoms with van der Waals surface area (Å²) in [7, 11) is 0. The van der Waals surface area contributed by atoms with E-state index in [4.69, 9.17) is 4.99 Å². The van der Waals surface area contributed by atoms with Crippen LogP contribution in [-0.4, -0.2) is 16.2 Å². The molecule has 2 aromatic carbocycles. The highest BCUT2D eigenvalue weighted by molar-refractivity contribution is 6.15. The molecule has 0 fully saturated rings. The molecule has 0 N–H and O–H groups in total. The van der Waals surface area contributed by atoms with E-state index in [1.54, 1.807) is 6.20 Å². The molecule has 2 heterocycles. The number of aromatic nitrogens is 1. The number of rotatable bonds is 1. The molecule has 4 rings (SSSR count). The first-order valence-corrected chi connectivity index (χ1v) is 7.75. The van der Waals surface area contributed by atoms with E-state index in [2.05, 4.69) is 11.1 Å². The Hall–Kier alpha value is -2.55. The van der Waals surface area contributed by atoms with Crippen molar-refractivity contribution in [1.82, 2.24) is 4.98 Å². The monoisotopic (exact) mass is 304 g/mol. The van der Waals surface area contributed by atoms with Crippen LogP contribution in [0.4, 0.5) is 4.39 Å². The normalized spacial score (nSPS) is 19.3. The predicted molar refractivity (Wildman–Crippen MR) is 91.8 cm³/mol. The van der Waals surface area contributed by atoms with Gasteiger partial charge in [0.15, 0.2) is 6.17 Å². The van der Waals surface area contributed by atoms with Crippen molar-refractivity contribution in [2.45, 2.75) is 25.6 Å². The van der Waals surface area contributed by atoms with Crippen molar-refractivity contribution in [3.8, 4) is 0 Å². The topological polar surface area (TPSA) is 25.2 Å². The summed E-state index contributed by atoms with van der Waals surface area (Å²) in [6, 6.07) is 17.7. The summed E-state index contributed by atoms with van der Waals surface area (Å²) in [5.41, 5.74) is 3.62. The third-order valence-electron chi connectivity index (χ3n) is 4.39. The summed E-state index contributed by atoms with van der Waals surface area (Å²) in [5, 5.41) is 1.06. The van der Waals surface area contributed by atoms with Gasteiger partial charge in [0.1, 0.15) is 0 Å². The van der Waals surface area contributed by atoms with E-state index >= 15 is 0 Å². The molecular weight excluding hydrogens is 287 g/mol. The molecular formula is C20H17FN2. The van der Waals surface area contributed by atoms with Crippen molar-refractivity contribution in [2.75, 3.05) is 0 Å². The molecule has 1 aliphatic rings. The second-order valence-electron chi connectivity index (χ2n) is 6.47. The number of alkyl halides is 1. The fourth-order valence-corrected chi connectivity index (χ4v) is 3.16. The van der Waals surface area contributed by atoms with Crippen molar-refractivity contribution < 1.29 is 4.39 Å². The minimum atomic E-state index is -1.09. The van der Waals surface area contributed by atoms with Crippen LogP contribution < -0.4 is 0 Å². The average Bonchev–Trinajstić information content (AvgIpc) is 2.58. The zero-order valence-corrected chi connectivity index (χ0v) is 13.1. The Labute approximate surface area is 134 Å². The fraction of sp³-hybridized carbons (Fsp3) is 0.200. The maximum atomic E-state index is 14.8. The average molecular weight is 304 g/mol. The Bertz CT molecular complexity index is 928. The van der Waals surface area contributed by atoms with Crippen LogP contribution in [0.3, 0.4) is 0 Å². The Balaban J connectivity index is 1.95. The summed E-state index contributed by atoms with van der Waals surface area (Å²) in [6.45, 7) is 3.69. The van der Waals surface area contributed by atoms with E-state index in [0.717, 1.165) is 27.7 Å². The maximum absolute atomic E-state index is 14.8. The second-order valence-corrected chi connectivity index (χ2v) is 6.47. The number of nitrogens with zero attached hydrogens (tertiary/aromatic N) is 2. The molecule has 3 aromatic rings. The Kier molecular flexibility index (Phi) is 3.05. The zero-order valence-electron chi connectivity index (χ0n) is 13.1. The quantitative estimate of drug-likeness (QED) is 0.629. The second kappa shape index (κ2) is 4.98. The van der Waals surface area contributed by atoms with Gasteiger partial charge in [-0.15, -0.1) is 0 Å². The van der Waals surface area contributed by atoms with Crippen molar-refractivity contribution >= 4 is 16.6 Å². The lowest BCUT2D eigenvalue weighted by molar-refractivity contribution is 0.222. The van der Waals surface area contributed by atoms with Crippen molar-refractivity contribution in [1.29, 1.82) is 0 Å². The number of hydrogen-bond donors (Lipinski definition) is 0. The number of pyridine rings is 1. The summed E-state index contributed by atoms with van der Waals surface area (Å²) >= 11 is 0. The maximum Gasteiger partial charge on any atom is 0.150 e. The number of benzene rings is 2. The van der Waals surface area contributed by atoms with Crippen LogP contribution in [0, 0.1) is 0 Å². The zero-order chi connectivity index (χ0) is 16.0. The first kappa shape index (κ1) is 14.1. The van der Waals surface area contributed by atoms with E-state index in [1.807, 2.05) is 62.4 Å². The highest BCUT2D eigenvalue weighted by Gasteiger charge is 2.37. The molecule has 114 valence electrons. The number of halogens is 1. The minimum Gasteiger partial charge on any atom is -0.275 e. The van der Waals surface area contributed by atoms with Gasteiger partial charge in [0.2, 0.25) is 0 Å². The van der Waals surface area contributed by atoms with Gasteiger partial charge in [-0.2, -0.15) is 0 Å². The smallest absolute Gasteiger partial charge is 0.150 e. The molecule has 23 heavy (non-hydrogen) atoms. The third-order valence-corrected chi connectivity index (χ3v) is 4.39. The van der Waals surface area contributed by atoms with E-state index in [9.17, 15) is 4.39 Å². The van der Waals surface area contributed by atoms with Crippen molar-refractivity contribution in [3.63, 3.8) is 0 Å². The van der Waals surface area contributed by atoms with Crippen LogP contribution in [-0.2, 0) is 0 Å². The van der Waals surface area contributed by atoms with Crippen LogP contribution in [0.1, 0.15) is 36.7 Å². The molecule has 2 nitrogen and oxygen atoms in total. The SMILES string of the molecule is CC1(C)N=C(c2ccc3ncccc3c2)c2ccccc2C1F. The van der Waals surface area contributed by atoms with Gasteiger partial charge < -0.3 is 0 Å². The van der Waals surface area contributed by atoms with Crippen LogP contribution in [0.2, 0.25) is 0 Å². The highest BCUT2D eigenvalue weighted by atomic mass is 19.1. The van der Waals surface area contributed by atoms with E-state index in [0.29, 0.717) is 5.56 Å². The number of hydrogen-bond acceptors (Lipinski definition) is 2. The molecule has 0 bridgehead atoms. The molecule has 0 aliphatic carbocycles. The van der Waals surface area contributed by atoms with E-state index < -0.39 is 11.7 Å². The minimum absolute atomic E-state index is 0.716. The third kappa shape index (κ3) is 2.24. The van der Waals surface area contributed by atoms with Crippen LogP contribution >= 0.6 is 0 Å². The largest absolute Gasteiger partial charge is 0.275 e. The number of aliphatic imine (C=N–C) groups is 1. The Morgan fingerprint density at radius 2 is 1.83 bits per heavy atom. The lowest BCUT2D eigenvalue weighted by atomic mass is 9.83. The molecule has 3 heteroatoms. The van der Waals surface area contributed by atoms with Gasteiger partial charge in [-0.25, -0.2) is 4.39 Å². The predicted octanol–water partition coefficient (Wildman–Crippen LogP) is 4.88. The van der Waals surface area contributed by atoms with Crippen LogP contribution in [0.25, 0.3) is 10.9 Å². The summed E-state index contributed by atoms with van der Waals surface area (Å²) in [6.07, 6.45) is 0.691. The van der Waals surface area contributed by atoms with Gasteiger partial charge in [0.25, 0.3) is 0 Å². The number of fused-ring (bicyclic) bond motifs is 2. The van der Waals surface area contributed by atoms with Gasteiger partial charge >= 0.3 is 0 Å². The highest BCUT2D eigenvalue weighted by Crippen LogP contribution is 2.40. The lowest BCUT2D eigenvalue weighted by Gasteiger charge is -2.32. The summed E-state index contributed by atoms with van der Waals surface area (Å²) in [5.74, 6) is 0. The molecule has 0 amide bonds. The Morgan fingerprint density at radius 3 is 2.70 bits per heavy atom. The Morgan fingerprint density at radius 1 is 1.00 bits per heavy atom. The van der Waals surface area contributed by atoms with Gasteiger partial charge in [0.05, 0.1) is 16.8 Å². The molecule has 1 aromatic heterocycles. The van der Waals surface area contributed by atoms with Crippen LogP contribution in [0.5, 0.6) is 0 Å². The molecule has 0 radical (unpaired) electrons. The van der Waals surface area contributed by atoms with Gasteiger partial charge in [-0.1, -0.05) is 36.4 Å². The van der Waals surface area contributed by atoms with E-state index in [1.165, 1.54) is 0 Å². The molecule has 1 atom stereocenters.